The van der Waals surface area contributed by atoms with Crippen molar-refractivity contribution in [3.05, 3.63) is 22.4 Å². The van der Waals surface area contributed by atoms with Crippen LogP contribution in [0.25, 0.3) is 0 Å². The summed E-state index contributed by atoms with van der Waals surface area (Å²) in [5, 5.41) is 4.97. The summed E-state index contributed by atoms with van der Waals surface area (Å²) in [6, 6.07) is 4.13. The van der Waals surface area contributed by atoms with Gasteiger partial charge in [0.1, 0.15) is 0 Å². The Kier molecular flexibility index (Phi) is 4.62. The normalized spacial score (nSPS) is 14.8. The Hall–Kier alpha value is -0.350. The lowest BCUT2D eigenvalue weighted by Crippen LogP contribution is -2.32. The molecular weight excluding hydrogens is 262 g/mol. The summed E-state index contributed by atoms with van der Waals surface area (Å²) in [5.41, 5.74) is 0. The standard InChI is InChI=1S/C10H14BrNOS/c1-3-8(11)10(13)12-7(2)9-5-4-6-14-9/h4-8H,3H2,1-2H3,(H,12,13). The first-order valence-corrected chi connectivity index (χ1v) is 6.42. The molecule has 0 bridgehead atoms. The Morgan fingerprint density at radius 1 is 1.71 bits per heavy atom. The van der Waals surface area contributed by atoms with E-state index < -0.39 is 0 Å². The number of alkyl halides is 1. The van der Waals surface area contributed by atoms with Gasteiger partial charge in [0.25, 0.3) is 0 Å². The van der Waals surface area contributed by atoms with Crippen molar-refractivity contribution in [2.45, 2.75) is 31.1 Å². The zero-order chi connectivity index (χ0) is 10.6. The molecule has 78 valence electrons. The van der Waals surface area contributed by atoms with Gasteiger partial charge in [-0.05, 0) is 24.8 Å². The van der Waals surface area contributed by atoms with E-state index in [1.165, 1.54) is 4.88 Å². The van der Waals surface area contributed by atoms with Crippen molar-refractivity contribution in [3.8, 4) is 0 Å². The maximum Gasteiger partial charge on any atom is 0.234 e. The molecular formula is C10H14BrNOS. The van der Waals surface area contributed by atoms with E-state index in [0.717, 1.165) is 6.42 Å². The number of nitrogens with one attached hydrogen (secondary N) is 1. The van der Waals surface area contributed by atoms with Gasteiger partial charge in [-0.1, -0.05) is 28.9 Å². The predicted molar refractivity (Wildman–Crippen MR) is 63.9 cm³/mol. The van der Waals surface area contributed by atoms with Gasteiger partial charge in [-0.15, -0.1) is 11.3 Å². The molecule has 1 N–H and O–H groups in total. The summed E-state index contributed by atoms with van der Waals surface area (Å²) in [6.45, 7) is 3.98. The third kappa shape index (κ3) is 3.10. The van der Waals surface area contributed by atoms with E-state index >= 15 is 0 Å². The molecule has 0 aromatic carbocycles. The molecule has 1 aromatic heterocycles. The van der Waals surface area contributed by atoms with Crippen molar-refractivity contribution in [1.82, 2.24) is 5.32 Å². The maximum absolute atomic E-state index is 11.5. The van der Waals surface area contributed by atoms with E-state index in [2.05, 4.69) is 21.2 Å². The molecule has 0 spiro atoms. The van der Waals surface area contributed by atoms with Gasteiger partial charge in [-0.2, -0.15) is 0 Å². The second-order valence-corrected chi connectivity index (χ2v) is 5.21. The zero-order valence-corrected chi connectivity index (χ0v) is 10.7. The molecule has 0 aliphatic rings. The van der Waals surface area contributed by atoms with Crippen molar-refractivity contribution in [3.63, 3.8) is 0 Å². The molecule has 2 atom stereocenters. The second-order valence-electron chi connectivity index (χ2n) is 3.12. The van der Waals surface area contributed by atoms with Crippen LogP contribution in [0, 0.1) is 0 Å². The highest BCUT2D eigenvalue weighted by molar-refractivity contribution is 9.10. The summed E-state index contributed by atoms with van der Waals surface area (Å²) >= 11 is 4.99. The van der Waals surface area contributed by atoms with Gasteiger partial charge in [0, 0.05) is 4.88 Å². The van der Waals surface area contributed by atoms with Crippen molar-refractivity contribution >= 4 is 33.2 Å². The van der Waals surface area contributed by atoms with Crippen LogP contribution in [-0.2, 0) is 4.79 Å². The quantitative estimate of drug-likeness (QED) is 0.841. The summed E-state index contributed by atoms with van der Waals surface area (Å²) in [6.07, 6.45) is 0.809. The monoisotopic (exact) mass is 275 g/mol. The Morgan fingerprint density at radius 2 is 2.43 bits per heavy atom. The lowest BCUT2D eigenvalue weighted by atomic mass is 10.2. The average Bonchev–Trinajstić information content (AvgIpc) is 2.69. The Bertz CT molecular complexity index is 286. The van der Waals surface area contributed by atoms with Crippen LogP contribution in [0.15, 0.2) is 17.5 Å². The van der Waals surface area contributed by atoms with Crippen molar-refractivity contribution in [2.24, 2.45) is 0 Å². The first kappa shape index (κ1) is 11.7. The minimum absolute atomic E-state index is 0.0633. The number of carbonyl (C=O) groups excluding carboxylic acids is 1. The minimum Gasteiger partial charge on any atom is -0.348 e. The van der Waals surface area contributed by atoms with E-state index in [-0.39, 0.29) is 16.8 Å². The van der Waals surface area contributed by atoms with Crippen LogP contribution in [-0.4, -0.2) is 10.7 Å². The highest BCUT2D eigenvalue weighted by Crippen LogP contribution is 2.18. The van der Waals surface area contributed by atoms with E-state index in [1.54, 1.807) is 11.3 Å². The van der Waals surface area contributed by atoms with Gasteiger partial charge in [-0.3, -0.25) is 4.79 Å². The molecule has 14 heavy (non-hydrogen) atoms. The minimum atomic E-state index is -0.0788. The Morgan fingerprint density at radius 3 is 2.93 bits per heavy atom. The van der Waals surface area contributed by atoms with Crippen molar-refractivity contribution < 1.29 is 4.79 Å². The van der Waals surface area contributed by atoms with Gasteiger partial charge in [-0.25, -0.2) is 0 Å². The topological polar surface area (TPSA) is 29.1 Å². The SMILES string of the molecule is CCC(Br)C(=O)NC(C)c1cccs1. The smallest absolute Gasteiger partial charge is 0.234 e. The molecule has 0 fully saturated rings. The highest BCUT2D eigenvalue weighted by Gasteiger charge is 2.15. The molecule has 2 nitrogen and oxygen atoms in total. The lowest BCUT2D eigenvalue weighted by Gasteiger charge is -2.14. The van der Waals surface area contributed by atoms with E-state index in [4.69, 9.17) is 0 Å². The van der Waals surface area contributed by atoms with Gasteiger partial charge in [0.05, 0.1) is 10.9 Å². The molecule has 0 radical (unpaired) electrons. The van der Waals surface area contributed by atoms with Crippen LogP contribution >= 0.6 is 27.3 Å². The summed E-state index contributed by atoms with van der Waals surface area (Å²) in [5.74, 6) is 0.0633. The molecule has 1 amide bonds. The average molecular weight is 276 g/mol. The number of halogens is 1. The number of amides is 1. The number of carbonyl (C=O) groups is 1. The van der Waals surface area contributed by atoms with Crippen molar-refractivity contribution in [1.29, 1.82) is 0 Å². The summed E-state index contributed by atoms with van der Waals surface area (Å²) < 4.78 is 0. The van der Waals surface area contributed by atoms with Gasteiger partial charge in [0.15, 0.2) is 0 Å². The molecule has 1 rings (SSSR count). The third-order valence-corrected chi connectivity index (χ3v) is 4.09. The van der Waals surface area contributed by atoms with Crippen LogP contribution < -0.4 is 5.32 Å². The van der Waals surface area contributed by atoms with Crippen LogP contribution in [0.5, 0.6) is 0 Å². The molecule has 0 saturated heterocycles. The predicted octanol–water partition coefficient (Wildman–Crippen LogP) is 3.10. The second kappa shape index (κ2) is 5.51. The van der Waals surface area contributed by atoms with Crippen molar-refractivity contribution in [2.75, 3.05) is 0 Å². The molecule has 0 aliphatic carbocycles. The molecule has 1 heterocycles. The van der Waals surface area contributed by atoms with Crippen LogP contribution in [0.1, 0.15) is 31.2 Å². The fraction of sp³-hybridized carbons (Fsp3) is 0.500. The van der Waals surface area contributed by atoms with Gasteiger partial charge in [0.2, 0.25) is 5.91 Å². The molecule has 2 unspecified atom stereocenters. The summed E-state index contributed by atoms with van der Waals surface area (Å²) in [7, 11) is 0. The molecule has 0 aliphatic heterocycles. The Labute approximate surface area is 96.8 Å². The number of rotatable bonds is 4. The van der Waals surface area contributed by atoms with E-state index in [1.807, 2.05) is 31.4 Å². The number of hydrogen-bond acceptors (Lipinski definition) is 2. The fourth-order valence-corrected chi connectivity index (χ4v) is 1.96. The third-order valence-electron chi connectivity index (χ3n) is 1.97. The van der Waals surface area contributed by atoms with Crippen LogP contribution in [0.2, 0.25) is 0 Å². The fourth-order valence-electron chi connectivity index (χ4n) is 1.10. The first-order valence-electron chi connectivity index (χ1n) is 4.63. The lowest BCUT2D eigenvalue weighted by molar-refractivity contribution is -0.121. The van der Waals surface area contributed by atoms with E-state index in [0.29, 0.717) is 0 Å². The van der Waals surface area contributed by atoms with Crippen LogP contribution in [0.4, 0.5) is 0 Å². The zero-order valence-electron chi connectivity index (χ0n) is 8.29. The number of thiophene rings is 1. The Balaban J connectivity index is 2.49. The van der Waals surface area contributed by atoms with Crippen LogP contribution in [0.3, 0.4) is 0 Å². The van der Waals surface area contributed by atoms with Gasteiger partial charge >= 0.3 is 0 Å². The molecule has 1 aromatic rings. The van der Waals surface area contributed by atoms with E-state index in [9.17, 15) is 4.79 Å². The largest absolute Gasteiger partial charge is 0.348 e. The molecule has 0 saturated carbocycles. The van der Waals surface area contributed by atoms with Gasteiger partial charge < -0.3 is 5.32 Å². The summed E-state index contributed by atoms with van der Waals surface area (Å²) in [4.78, 5) is 12.6. The maximum atomic E-state index is 11.5. The molecule has 4 heteroatoms. The number of hydrogen-bond donors (Lipinski definition) is 1. The highest BCUT2D eigenvalue weighted by atomic mass is 79.9. The first-order chi connectivity index (χ1) is 6.65.